The number of hydrogen-bond donors (Lipinski definition) is 2. The van der Waals surface area contributed by atoms with Gasteiger partial charge in [0.15, 0.2) is 18.3 Å². The van der Waals surface area contributed by atoms with Crippen LogP contribution in [0.2, 0.25) is 0 Å². The number of carboxylic acids is 1. The molecule has 1 rings (SSSR count). The van der Waals surface area contributed by atoms with Crippen LogP contribution in [0, 0.1) is 0 Å². The maximum absolute atomic E-state index is 12.0. The molecule has 0 spiro atoms. The lowest BCUT2D eigenvalue weighted by Crippen LogP contribution is -2.62. The van der Waals surface area contributed by atoms with Crippen molar-refractivity contribution in [2.45, 2.75) is 110 Å². The number of alkyl carbamates (subject to hydrolysis) is 1. The third kappa shape index (κ3) is 11.8. The van der Waals surface area contributed by atoms with Crippen LogP contribution in [0.4, 0.5) is 4.79 Å². The minimum Gasteiger partial charge on any atom is -0.480 e. The van der Waals surface area contributed by atoms with Crippen LogP contribution in [0.5, 0.6) is 0 Å². The fourth-order valence-electron chi connectivity index (χ4n) is 3.78. The van der Waals surface area contributed by atoms with Gasteiger partial charge in [0.1, 0.15) is 24.4 Å². The summed E-state index contributed by atoms with van der Waals surface area (Å²) >= 11 is 0. The van der Waals surface area contributed by atoms with Crippen LogP contribution in [0.25, 0.3) is 0 Å². The maximum Gasteiger partial charge on any atom is 0.408 e. The van der Waals surface area contributed by atoms with Crippen molar-refractivity contribution in [3.8, 4) is 0 Å². The molecule has 1 saturated heterocycles. The molecule has 0 bridgehead atoms. The SMILES string of the molecule is CC(=O)OC[C@H]1O[C@@H](CCC[C@H](NC(=O)OC(C)(C)C)C(=O)O)[C@H](OC(C)=O)[C@@H](OC(C)=O)[C@@H]1OC(C)=O. The van der Waals surface area contributed by atoms with E-state index in [1.165, 1.54) is 0 Å². The molecular weight excluding hydrogens is 510 g/mol. The van der Waals surface area contributed by atoms with Gasteiger partial charge in [0, 0.05) is 27.7 Å². The molecule has 0 aromatic rings. The number of carboxylic acid groups (broad SMARTS) is 1. The van der Waals surface area contributed by atoms with E-state index in [1.807, 2.05) is 0 Å². The molecule has 14 heteroatoms. The average molecular weight is 548 g/mol. The summed E-state index contributed by atoms with van der Waals surface area (Å²) < 4.78 is 32.2. The van der Waals surface area contributed by atoms with E-state index in [9.17, 15) is 33.9 Å². The number of amides is 1. The second kappa shape index (κ2) is 14.5. The Kier molecular flexibility index (Phi) is 12.4. The highest BCUT2D eigenvalue weighted by molar-refractivity contribution is 5.80. The van der Waals surface area contributed by atoms with Gasteiger partial charge >= 0.3 is 35.9 Å². The lowest BCUT2D eigenvalue weighted by molar-refractivity contribution is -0.253. The van der Waals surface area contributed by atoms with E-state index in [0.717, 1.165) is 27.7 Å². The van der Waals surface area contributed by atoms with Crippen molar-refractivity contribution in [1.29, 1.82) is 0 Å². The molecular formula is C24H37NO13. The van der Waals surface area contributed by atoms with E-state index in [2.05, 4.69) is 5.32 Å². The highest BCUT2D eigenvalue weighted by Crippen LogP contribution is 2.31. The zero-order chi connectivity index (χ0) is 29.2. The van der Waals surface area contributed by atoms with Gasteiger partial charge in [-0.15, -0.1) is 0 Å². The number of carbonyl (C=O) groups is 6. The molecule has 6 atom stereocenters. The van der Waals surface area contributed by atoms with Crippen LogP contribution in [-0.4, -0.2) is 89.8 Å². The quantitative estimate of drug-likeness (QED) is 0.278. The van der Waals surface area contributed by atoms with Gasteiger partial charge in [-0.05, 0) is 40.0 Å². The molecule has 0 unspecified atom stereocenters. The Morgan fingerprint density at radius 2 is 1.32 bits per heavy atom. The third-order valence-corrected chi connectivity index (χ3v) is 5.06. The summed E-state index contributed by atoms with van der Waals surface area (Å²) in [5, 5.41) is 11.8. The van der Waals surface area contributed by atoms with Crippen molar-refractivity contribution < 1.29 is 62.3 Å². The number of rotatable bonds is 11. The van der Waals surface area contributed by atoms with Crippen molar-refractivity contribution in [2.75, 3.05) is 6.61 Å². The van der Waals surface area contributed by atoms with Gasteiger partial charge < -0.3 is 38.8 Å². The molecule has 1 aliphatic rings. The fourth-order valence-corrected chi connectivity index (χ4v) is 3.78. The molecule has 216 valence electrons. The van der Waals surface area contributed by atoms with Crippen molar-refractivity contribution >= 4 is 35.9 Å². The zero-order valence-corrected chi connectivity index (χ0v) is 22.6. The van der Waals surface area contributed by atoms with E-state index in [4.69, 9.17) is 28.4 Å². The lowest BCUT2D eigenvalue weighted by Gasteiger charge is -2.44. The number of hydrogen-bond acceptors (Lipinski definition) is 12. The molecule has 0 aromatic heterocycles. The predicted molar refractivity (Wildman–Crippen MR) is 127 cm³/mol. The minimum absolute atomic E-state index is 0.0541. The molecule has 1 heterocycles. The monoisotopic (exact) mass is 547 g/mol. The highest BCUT2D eigenvalue weighted by Gasteiger charge is 2.51. The largest absolute Gasteiger partial charge is 0.480 e. The van der Waals surface area contributed by atoms with E-state index < -0.39 is 78.1 Å². The van der Waals surface area contributed by atoms with Gasteiger partial charge in [0.2, 0.25) is 0 Å². The Hall–Kier alpha value is -3.42. The molecule has 0 aromatic carbocycles. The number of ether oxygens (including phenoxy) is 6. The number of aliphatic carboxylic acids is 1. The van der Waals surface area contributed by atoms with Gasteiger partial charge in [-0.3, -0.25) is 19.2 Å². The number of nitrogens with one attached hydrogen (secondary N) is 1. The molecule has 0 aliphatic carbocycles. The summed E-state index contributed by atoms with van der Waals surface area (Å²) in [5.74, 6) is -4.19. The standard InChI is InChI=1S/C24H37NO13/c1-12(26)33-11-18-20(35-14(3)28)21(36-15(4)29)19(34-13(2)27)17(37-18)10-8-9-16(22(30)31)25-23(32)38-24(5,6)7/h16-21H,8-11H2,1-7H3,(H,25,32)(H,30,31)/t16-,17-,18+,19-,20+,21+/m0/s1. The average Bonchev–Trinajstić information content (AvgIpc) is 2.73. The summed E-state index contributed by atoms with van der Waals surface area (Å²) in [4.78, 5) is 70.7. The first-order valence-corrected chi connectivity index (χ1v) is 12.0. The first-order chi connectivity index (χ1) is 17.5. The minimum atomic E-state index is -1.31. The molecule has 38 heavy (non-hydrogen) atoms. The van der Waals surface area contributed by atoms with Gasteiger partial charge in [-0.2, -0.15) is 0 Å². The smallest absolute Gasteiger partial charge is 0.408 e. The highest BCUT2D eigenvalue weighted by atomic mass is 16.7. The van der Waals surface area contributed by atoms with Gasteiger partial charge in [-0.25, -0.2) is 9.59 Å². The molecule has 1 aliphatic heterocycles. The first-order valence-electron chi connectivity index (χ1n) is 12.0. The second-order valence-corrected chi connectivity index (χ2v) is 9.71. The Bertz CT molecular complexity index is 881. The van der Waals surface area contributed by atoms with Crippen LogP contribution < -0.4 is 5.32 Å². The molecule has 14 nitrogen and oxygen atoms in total. The number of carbonyl (C=O) groups excluding carboxylic acids is 5. The Labute approximate surface area is 220 Å². The Morgan fingerprint density at radius 1 is 0.816 bits per heavy atom. The summed E-state index contributed by atoms with van der Waals surface area (Å²) in [5.41, 5.74) is -0.832. The van der Waals surface area contributed by atoms with E-state index in [0.29, 0.717) is 0 Å². The van der Waals surface area contributed by atoms with Crippen molar-refractivity contribution in [2.24, 2.45) is 0 Å². The topological polar surface area (TPSA) is 190 Å². The van der Waals surface area contributed by atoms with Crippen LogP contribution in [0.3, 0.4) is 0 Å². The third-order valence-electron chi connectivity index (χ3n) is 5.06. The summed E-state index contributed by atoms with van der Waals surface area (Å²) in [6, 6.07) is -1.30. The zero-order valence-electron chi connectivity index (χ0n) is 22.6. The van der Waals surface area contributed by atoms with Crippen LogP contribution in [0.15, 0.2) is 0 Å². The van der Waals surface area contributed by atoms with E-state index in [1.54, 1.807) is 20.8 Å². The maximum atomic E-state index is 12.0. The molecule has 1 fully saturated rings. The molecule has 1 amide bonds. The Balaban J connectivity index is 3.16. The van der Waals surface area contributed by atoms with Gasteiger partial charge in [0.25, 0.3) is 0 Å². The van der Waals surface area contributed by atoms with Crippen LogP contribution in [-0.2, 0) is 52.4 Å². The summed E-state index contributed by atoms with van der Waals surface area (Å²) in [6.45, 7) is 9.04. The lowest BCUT2D eigenvalue weighted by atomic mass is 9.91. The first kappa shape index (κ1) is 32.6. The predicted octanol–water partition coefficient (Wildman–Crippen LogP) is 1.26. The second-order valence-electron chi connectivity index (χ2n) is 9.71. The van der Waals surface area contributed by atoms with Crippen molar-refractivity contribution in [3.05, 3.63) is 0 Å². The van der Waals surface area contributed by atoms with Crippen LogP contribution in [0.1, 0.15) is 67.7 Å². The van der Waals surface area contributed by atoms with E-state index in [-0.39, 0.29) is 25.9 Å². The molecule has 0 saturated carbocycles. The van der Waals surface area contributed by atoms with Gasteiger partial charge in [-0.1, -0.05) is 0 Å². The normalized spacial score (nSPS) is 23.8. The van der Waals surface area contributed by atoms with Crippen LogP contribution >= 0.6 is 0 Å². The molecule has 2 N–H and O–H groups in total. The van der Waals surface area contributed by atoms with E-state index >= 15 is 0 Å². The van der Waals surface area contributed by atoms with Crippen molar-refractivity contribution in [3.63, 3.8) is 0 Å². The fraction of sp³-hybridized carbons (Fsp3) is 0.750. The molecule has 0 radical (unpaired) electrons. The van der Waals surface area contributed by atoms with Gasteiger partial charge in [0.05, 0.1) is 6.10 Å². The summed E-state index contributed by atoms with van der Waals surface area (Å²) in [7, 11) is 0. The summed E-state index contributed by atoms with van der Waals surface area (Å²) in [6.07, 6.45) is -6.66. The number of esters is 4. The Morgan fingerprint density at radius 3 is 1.76 bits per heavy atom. The van der Waals surface area contributed by atoms with Crippen molar-refractivity contribution in [1.82, 2.24) is 5.32 Å².